The number of aliphatic hydroxyl groups is 1. The number of carbonyl (C=O) groups excluding carboxylic acids is 1. The van der Waals surface area contributed by atoms with Gasteiger partial charge in [0.25, 0.3) is 0 Å². The molecule has 0 spiro atoms. The van der Waals surface area contributed by atoms with Gasteiger partial charge in [0.2, 0.25) is 5.91 Å². The van der Waals surface area contributed by atoms with Crippen LogP contribution in [-0.2, 0) is 4.79 Å². The summed E-state index contributed by atoms with van der Waals surface area (Å²) < 4.78 is 0. The summed E-state index contributed by atoms with van der Waals surface area (Å²) in [4.78, 5) is 10.2. The van der Waals surface area contributed by atoms with Gasteiger partial charge in [-0.25, -0.2) is 0 Å². The monoisotopic (exact) mass is 164 g/mol. The van der Waals surface area contributed by atoms with Crippen LogP contribution in [0.15, 0.2) is 0 Å². The number of hydrogen-bond donors (Lipinski definition) is 3. The van der Waals surface area contributed by atoms with Crippen molar-refractivity contribution in [3.63, 3.8) is 0 Å². The lowest BCUT2D eigenvalue weighted by molar-refractivity contribution is -0.119. The Balaban J connectivity index is -0.000000138. The van der Waals surface area contributed by atoms with Crippen LogP contribution in [0.25, 0.3) is 0 Å². The fraction of sp³-hybridized carbons (Fsp3) is 0.857. The number of nitrogens with two attached hydrogens (primary N) is 1. The minimum atomic E-state index is -0.0949. The van der Waals surface area contributed by atoms with Crippen molar-refractivity contribution < 1.29 is 9.90 Å². The molecule has 4 heteroatoms. The molecule has 0 aliphatic heterocycles. The first-order valence-corrected chi connectivity index (χ1v) is 3.72. The van der Waals surface area contributed by atoms with E-state index in [0.717, 1.165) is 7.11 Å². The normalized spacial score (nSPS) is 6.36. The summed E-state index contributed by atoms with van der Waals surface area (Å²) in [5.41, 5.74) is 4.95. The van der Waals surface area contributed by atoms with E-state index in [9.17, 15) is 4.79 Å². The van der Waals surface area contributed by atoms with E-state index < -0.39 is 0 Å². The average Bonchev–Trinajstić information content (AvgIpc) is 2.12. The minimum Gasteiger partial charge on any atom is -0.400 e. The molecule has 0 saturated heterocycles. The van der Waals surface area contributed by atoms with E-state index in [4.69, 9.17) is 10.8 Å². The Morgan fingerprint density at radius 2 is 1.82 bits per heavy atom. The number of aliphatic hydroxyl groups excluding tert-OH is 1. The summed E-state index contributed by atoms with van der Waals surface area (Å²) in [6.45, 7) is 6.61. The van der Waals surface area contributed by atoms with Crippen LogP contribution in [0.3, 0.4) is 0 Å². The molecule has 0 saturated carbocycles. The molecule has 4 nitrogen and oxygen atoms in total. The maximum absolute atomic E-state index is 10.2. The van der Waals surface area contributed by atoms with Crippen molar-refractivity contribution in [3.8, 4) is 0 Å². The van der Waals surface area contributed by atoms with Crippen LogP contribution in [0, 0.1) is 0 Å². The molecule has 0 heterocycles. The van der Waals surface area contributed by atoms with Gasteiger partial charge in [0.05, 0.1) is 6.54 Å². The molecule has 70 valence electrons. The Labute approximate surface area is 68.8 Å². The molecular weight excluding hydrogens is 144 g/mol. The van der Waals surface area contributed by atoms with Crippen molar-refractivity contribution in [1.29, 1.82) is 0 Å². The molecular formula is C7H20N2O2. The van der Waals surface area contributed by atoms with Crippen molar-refractivity contribution in [3.05, 3.63) is 0 Å². The standard InChI is InChI=1S/C4H10N2O.C2H6.CH4O/c1-2-6-4(7)3-5;2*1-2/h2-3,5H2,1H3,(H,6,7);1-2H3;2H,1H3. The van der Waals surface area contributed by atoms with Crippen LogP contribution in [0.2, 0.25) is 0 Å². The molecule has 11 heavy (non-hydrogen) atoms. The van der Waals surface area contributed by atoms with Crippen molar-refractivity contribution in [2.45, 2.75) is 20.8 Å². The molecule has 0 bridgehead atoms. The number of nitrogens with one attached hydrogen (secondary N) is 1. The van der Waals surface area contributed by atoms with E-state index in [0.29, 0.717) is 6.54 Å². The fourth-order valence-corrected chi connectivity index (χ4v) is 0.269. The largest absolute Gasteiger partial charge is 0.400 e. The van der Waals surface area contributed by atoms with E-state index in [2.05, 4.69) is 5.32 Å². The van der Waals surface area contributed by atoms with Crippen LogP contribution < -0.4 is 11.1 Å². The number of rotatable bonds is 2. The first-order chi connectivity index (χ1) is 5.31. The topological polar surface area (TPSA) is 75.4 Å². The van der Waals surface area contributed by atoms with Gasteiger partial charge >= 0.3 is 0 Å². The van der Waals surface area contributed by atoms with Crippen LogP contribution in [0.1, 0.15) is 20.8 Å². The number of hydrogen-bond acceptors (Lipinski definition) is 3. The van der Waals surface area contributed by atoms with Gasteiger partial charge in [-0.15, -0.1) is 0 Å². The first-order valence-electron chi connectivity index (χ1n) is 3.72. The summed E-state index contributed by atoms with van der Waals surface area (Å²) >= 11 is 0. The Morgan fingerprint density at radius 1 is 1.45 bits per heavy atom. The third-order valence-electron chi connectivity index (χ3n) is 0.559. The molecule has 0 aromatic rings. The average molecular weight is 164 g/mol. The predicted octanol–water partition coefficient (Wildman–Crippen LogP) is -0.284. The van der Waals surface area contributed by atoms with Gasteiger partial charge in [0.15, 0.2) is 0 Å². The molecule has 0 aliphatic carbocycles. The molecule has 0 rings (SSSR count). The SMILES string of the molecule is CC.CCNC(=O)CN.CO. The molecule has 1 amide bonds. The van der Waals surface area contributed by atoms with Crippen molar-refractivity contribution >= 4 is 5.91 Å². The number of amides is 1. The van der Waals surface area contributed by atoms with Crippen LogP contribution in [0.5, 0.6) is 0 Å². The third-order valence-corrected chi connectivity index (χ3v) is 0.559. The van der Waals surface area contributed by atoms with E-state index in [-0.39, 0.29) is 12.5 Å². The lowest BCUT2D eigenvalue weighted by Gasteiger charge is -1.93. The van der Waals surface area contributed by atoms with Crippen molar-refractivity contribution in [2.75, 3.05) is 20.2 Å². The number of likely N-dealkylation sites (N-methyl/N-ethyl adjacent to an activating group) is 1. The van der Waals surface area contributed by atoms with Gasteiger partial charge in [0.1, 0.15) is 0 Å². The minimum absolute atomic E-state index is 0.0911. The quantitative estimate of drug-likeness (QED) is 0.525. The van der Waals surface area contributed by atoms with E-state index >= 15 is 0 Å². The molecule has 0 fully saturated rings. The lowest BCUT2D eigenvalue weighted by atomic mass is 10.6. The predicted molar refractivity (Wildman–Crippen MR) is 47.2 cm³/mol. The maximum atomic E-state index is 10.2. The Morgan fingerprint density at radius 3 is 1.91 bits per heavy atom. The molecule has 0 unspecified atom stereocenters. The summed E-state index contributed by atoms with van der Waals surface area (Å²) in [6, 6.07) is 0. The second-order valence-electron chi connectivity index (χ2n) is 1.16. The van der Waals surface area contributed by atoms with Gasteiger partial charge in [-0.1, -0.05) is 13.8 Å². The lowest BCUT2D eigenvalue weighted by Crippen LogP contribution is -2.29. The van der Waals surface area contributed by atoms with Crippen molar-refractivity contribution in [2.24, 2.45) is 5.73 Å². The fourth-order valence-electron chi connectivity index (χ4n) is 0.269. The Kier molecular flexibility index (Phi) is 34.7. The summed E-state index contributed by atoms with van der Waals surface area (Å²) in [5, 5.41) is 9.53. The van der Waals surface area contributed by atoms with Gasteiger partial charge in [-0.3, -0.25) is 4.79 Å². The zero-order valence-corrected chi connectivity index (χ0v) is 7.85. The van der Waals surface area contributed by atoms with Crippen LogP contribution in [-0.4, -0.2) is 31.2 Å². The Hall–Kier alpha value is -0.610. The molecule has 0 aromatic heterocycles. The molecule has 4 N–H and O–H groups in total. The summed E-state index contributed by atoms with van der Waals surface area (Å²) in [7, 11) is 1.00. The highest BCUT2D eigenvalue weighted by Crippen LogP contribution is 1.54. The second-order valence-corrected chi connectivity index (χ2v) is 1.16. The summed E-state index contributed by atoms with van der Waals surface area (Å²) in [5.74, 6) is -0.0949. The zero-order chi connectivity index (χ0) is 9.70. The molecule has 0 radical (unpaired) electrons. The van der Waals surface area contributed by atoms with E-state index in [1.165, 1.54) is 0 Å². The summed E-state index contributed by atoms with van der Waals surface area (Å²) in [6.07, 6.45) is 0. The zero-order valence-electron chi connectivity index (χ0n) is 7.85. The maximum Gasteiger partial charge on any atom is 0.233 e. The number of carbonyl (C=O) groups is 1. The molecule has 0 aromatic carbocycles. The smallest absolute Gasteiger partial charge is 0.233 e. The van der Waals surface area contributed by atoms with Gasteiger partial charge in [-0.2, -0.15) is 0 Å². The highest BCUT2D eigenvalue weighted by atomic mass is 16.2. The first kappa shape index (κ1) is 16.8. The second kappa shape index (κ2) is 22.8. The molecule has 0 atom stereocenters. The van der Waals surface area contributed by atoms with Gasteiger partial charge in [0, 0.05) is 13.7 Å². The van der Waals surface area contributed by atoms with E-state index in [1.54, 1.807) is 0 Å². The van der Waals surface area contributed by atoms with Gasteiger partial charge in [-0.05, 0) is 6.92 Å². The Bertz CT molecular complexity index is 67.5. The van der Waals surface area contributed by atoms with E-state index in [1.807, 2.05) is 20.8 Å². The van der Waals surface area contributed by atoms with Crippen LogP contribution in [0.4, 0.5) is 0 Å². The third kappa shape index (κ3) is 26.6. The van der Waals surface area contributed by atoms with Gasteiger partial charge < -0.3 is 16.2 Å². The highest BCUT2D eigenvalue weighted by Gasteiger charge is 1.88. The van der Waals surface area contributed by atoms with Crippen molar-refractivity contribution in [1.82, 2.24) is 5.32 Å². The van der Waals surface area contributed by atoms with Crippen LogP contribution >= 0.6 is 0 Å². The molecule has 0 aliphatic rings. The highest BCUT2D eigenvalue weighted by molar-refractivity contribution is 5.77.